The standard InChI is InChI=1S/C13H20ClN3/c1-4-17(8-11-6-5-7-11)13-10(3)9(2)12(14)15-16-13/h11H,4-8H2,1-3H3. The Balaban J connectivity index is 2.20. The molecule has 94 valence electrons. The number of halogens is 1. The van der Waals surface area contributed by atoms with Crippen LogP contribution in [0.3, 0.4) is 0 Å². The summed E-state index contributed by atoms with van der Waals surface area (Å²) in [7, 11) is 0. The molecule has 1 aliphatic rings. The Morgan fingerprint density at radius 2 is 1.94 bits per heavy atom. The van der Waals surface area contributed by atoms with E-state index >= 15 is 0 Å². The van der Waals surface area contributed by atoms with Crippen molar-refractivity contribution in [3.8, 4) is 0 Å². The van der Waals surface area contributed by atoms with Crippen LogP contribution in [0.2, 0.25) is 5.15 Å². The Kier molecular flexibility index (Phi) is 3.87. The Morgan fingerprint density at radius 1 is 1.24 bits per heavy atom. The Bertz CT molecular complexity index is 402. The van der Waals surface area contributed by atoms with E-state index in [0.29, 0.717) is 5.15 Å². The number of rotatable bonds is 4. The summed E-state index contributed by atoms with van der Waals surface area (Å²) in [6.07, 6.45) is 4.09. The summed E-state index contributed by atoms with van der Waals surface area (Å²) >= 11 is 5.99. The number of nitrogens with zero attached hydrogens (tertiary/aromatic N) is 3. The van der Waals surface area contributed by atoms with Crippen LogP contribution in [0, 0.1) is 19.8 Å². The van der Waals surface area contributed by atoms with Gasteiger partial charge >= 0.3 is 0 Å². The average molecular weight is 254 g/mol. The molecule has 2 rings (SSSR count). The summed E-state index contributed by atoms with van der Waals surface area (Å²) in [5.74, 6) is 1.84. The molecule has 0 bridgehead atoms. The fraction of sp³-hybridized carbons (Fsp3) is 0.692. The zero-order valence-electron chi connectivity index (χ0n) is 10.8. The van der Waals surface area contributed by atoms with Crippen LogP contribution in [0.25, 0.3) is 0 Å². The second kappa shape index (κ2) is 5.21. The highest BCUT2D eigenvalue weighted by atomic mass is 35.5. The monoisotopic (exact) mass is 253 g/mol. The second-order valence-electron chi connectivity index (χ2n) is 4.90. The molecule has 0 amide bonds. The molecule has 0 unspecified atom stereocenters. The van der Waals surface area contributed by atoms with Gasteiger partial charge in [-0.05, 0) is 50.7 Å². The van der Waals surface area contributed by atoms with E-state index in [1.54, 1.807) is 0 Å². The number of anilines is 1. The molecule has 1 saturated carbocycles. The first-order valence-electron chi connectivity index (χ1n) is 6.37. The van der Waals surface area contributed by atoms with Crippen LogP contribution in [0.15, 0.2) is 0 Å². The van der Waals surface area contributed by atoms with Gasteiger partial charge in [-0.3, -0.25) is 0 Å². The first-order chi connectivity index (χ1) is 8.13. The Morgan fingerprint density at radius 3 is 2.47 bits per heavy atom. The predicted octanol–water partition coefficient (Wildman–Crippen LogP) is 3.37. The van der Waals surface area contributed by atoms with Gasteiger partial charge in [0.1, 0.15) is 0 Å². The number of aromatic nitrogens is 2. The molecule has 1 aromatic rings. The lowest BCUT2D eigenvalue weighted by Gasteiger charge is -2.33. The predicted molar refractivity (Wildman–Crippen MR) is 71.7 cm³/mol. The number of hydrogen-bond acceptors (Lipinski definition) is 3. The van der Waals surface area contributed by atoms with Gasteiger partial charge in [0.25, 0.3) is 0 Å². The van der Waals surface area contributed by atoms with E-state index in [2.05, 4.69) is 28.9 Å². The highest BCUT2D eigenvalue weighted by Gasteiger charge is 2.22. The van der Waals surface area contributed by atoms with Gasteiger partial charge in [0.2, 0.25) is 0 Å². The van der Waals surface area contributed by atoms with Crippen molar-refractivity contribution in [3.63, 3.8) is 0 Å². The van der Waals surface area contributed by atoms with Crippen molar-refractivity contribution in [1.82, 2.24) is 10.2 Å². The molecule has 1 heterocycles. The van der Waals surface area contributed by atoms with E-state index < -0.39 is 0 Å². The van der Waals surface area contributed by atoms with Crippen LogP contribution in [-0.4, -0.2) is 23.3 Å². The third-order valence-corrected chi connectivity index (χ3v) is 4.18. The van der Waals surface area contributed by atoms with Gasteiger partial charge in [-0.2, -0.15) is 0 Å². The second-order valence-corrected chi connectivity index (χ2v) is 5.26. The van der Waals surface area contributed by atoms with E-state index in [9.17, 15) is 0 Å². The number of hydrogen-bond donors (Lipinski definition) is 0. The van der Waals surface area contributed by atoms with Gasteiger partial charge in [-0.25, -0.2) is 0 Å². The summed E-state index contributed by atoms with van der Waals surface area (Å²) < 4.78 is 0. The molecule has 1 aliphatic carbocycles. The summed E-state index contributed by atoms with van der Waals surface area (Å²) in [6, 6.07) is 0. The van der Waals surface area contributed by atoms with E-state index in [1.165, 1.54) is 19.3 Å². The molecular weight excluding hydrogens is 234 g/mol. The van der Waals surface area contributed by atoms with E-state index in [0.717, 1.165) is 36.0 Å². The highest BCUT2D eigenvalue weighted by molar-refractivity contribution is 6.30. The van der Waals surface area contributed by atoms with Crippen molar-refractivity contribution >= 4 is 17.4 Å². The van der Waals surface area contributed by atoms with Crippen molar-refractivity contribution in [1.29, 1.82) is 0 Å². The summed E-state index contributed by atoms with van der Waals surface area (Å²) in [6.45, 7) is 8.34. The lowest BCUT2D eigenvalue weighted by atomic mass is 9.85. The molecule has 0 spiro atoms. The molecule has 0 aromatic carbocycles. The minimum absolute atomic E-state index is 0.519. The molecule has 0 atom stereocenters. The largest absolute Gasteiger partial charge is 0.355 e. The van der Waals surface area contributed by atoms with Crippen LogP contribution >= 0.6 is 11.6 Å². The van der Waals surface area contributed by atoms with Gasteiger partial charge in [0.15, 0.2) is 11.0 Å². The quantitative estimate of drug-likeness (QED) is 0.824. The topological polar surface area (TPSA) is 29.0 Å². The molecule has 1 fully saturated rings. The Hall–Kier alpha value is -0.830. The van der Waals surface area contributed by atoms with Crippen LogP contribution in [0.1, 0.15) is 37.3 Å². The zero-order valence-corrected chi connectivity index (χ0v) is 11.6. The maximum atomic E-state index is 5.99. The van der Waals surface area contributed by atoms with Crippen LogP contribution in [0.4, 0.5) is 5.82 Å². The summed E-state index contributed by atoms with van der Waals surface area (Å²) in [5.41, 5.74) is 2.20. The fourth-order valence-corrected chi connectivity index (χ4v) is 2.40. The van der Waals surface area contributed by atoms with Crippen molar-refractivity contribution in [2.75, 3.05) is 18.0 Å². The maximum absolute atomic E-state index is 5.99. The van der Waals surface area contributed by atoms with Crippen molar-refractivity contribution in [2.24, 2.45) is 5.92 Å². The van der Waals surface area contributed by atoms with Gasteiger partial charge < -0.3 is 4.90 Å². The van der Waals surface area contributed by atoms with Crippen molar-refractivity contribution < 1.29 is 0 Å². The lowest BCUT2D eigenvalue weighted by Crippen LogP contribution is -2.33. The van der Waals surface area contributed by atoms with Crippen molar-refractivity contribution in [2.45, 2.75) is 40.0 Å². The van der Waals surface area contributed by atoms with Gasteiger partial charge in [-0.15, -0.1) is 10.2 Å². The third-order valence-electron chi connectivity index (χ3n) is 3.82. The molecular formula is C13H20ClN3. The molecule has 17 heavy (non-hydrogen) atoms. The normalized spacial score (nSPS) is 15.8. The minimum Gasteiger partial charge on any atom is -0.355 e. The van der Waals surface area contributed by atoms with Gasteiger partial charge in [0, 0.05) is 13.1 Å². The SMILES string of the molecule is CCN(CC1CCC1)c1nnc(Cl)c(C)c1C. The summed E-state index contributed by atoms with van der Waals surface area (Å²) in [5, 5.41) is 8.82. The minimum atomic E-state index is 0.519. The maximum Gasteiger partial charge on any atom is 0.155 e. The van der Waals surface area contributed by atoms with Gasteiger partial charge in [0.05, 0.1) is 0 Å². The smallest absolute Gasteiger partial charge is 0.155 e. The Labute approximate surface area is 108 Å². The van der Waals surface area contributed by atoms with E-state index in [1.807, 2.05) is 6.92 Å². The van der Waals surface area contributed by atoms with Crippen LogP contribution < -0.4 is 4.90 Å². The van der Waals surface area contributed by atoms with E-state index in [4.69, 9.17) is 11.6 Å². The average Bonchev–Trinajstić information content (AvgIpc) is 2.27. The molecule has 4 heteroatoms. The first-order valence-corrected chi connectivity index (χ1v) is 6.75. The lowest BCUT2D eigenvalue weighted by molar-refractivity contribution is 0.318. The molecule has 0 saturated heterocycles. The molecule has 3 nitrogen and oxygen atoms in total. The van der Waals surface area contributed by atoms with Crippen LogP contribution in [0.5, 0.6) is 0 Å². The molecule has 0 N–H and O–H groups in total. The first kappa shape index (κ1) is 12.6. The molecule has 0 radical (unpaired) electrons. The van der Waals surface area contributed by atoms with Crippen molar-refractivity contribution in [3.05, 3.63) is 16.3 Å². The third kappa shape index (κ3) is 2.54. The molecule has 0 aliphatic heterocycles. The molecule has 1 aromatic heterocycles. The van der Waals surface area contributed by atoms with Gasteiger partial charge in [-0.1, -0.05) is 18.0 Å². The van der Waals surface area contributed by atoms with E-state index in [-0.39, 0.29) is 0 Å². The fourth-order valence-electron chi connectivity index (χ4n) is 2.22. The van der Waals surface area contributed by atoms with Crippen LogP contribution in [-0.2, 0) is 0 Å². The summed E-state index contributed by atoms with van der Waals surface area (Å²) in [4.78, 5) is 2.33. The highest BCUT2D eigenvalue weighted by Crippen LogP contribution is 2.30. The zero-order chi connectivity index (χ0) is 12.4.